The summed E-state index contributed by atoms with van der Waals surface area (Å²) in [7, 11) is 0. The number of nitriles is 1. The molecule has 0 saturated heterocycles. The number of anilines is 1. The Bertz CT molecular complexity index is 1040. The van der Waals surface area contributed by atoms with Gasteiger partial charge in [0.1, 0.15) is 23.3 Å². The fourth-order valence-corrected chi connectivity index (χ4v) is 4.00. The summed E-state index contributed by atoms with van der Waals surface area (Å²) in [6.45, 7) is 3.61. The molecular formula is C19H16FN3O2S. The summed E-state index contributed by atoms with van der Waals surface area (Å²) in [5.41, 5.74) is 0.921. The Balaban J connectivity index is 1.77. The minimum atomic E-state index is -0.868. The minimum absolute atomic E-state index is 0.342. The molecule has 0 bridgehead atoms. The lowest BCUT2D eigenvalue weighted by Gasteiger charge is -2.42. The van der Waals surface area contributed by atoms with E-state index in [4.69, 9.17) is 4.74 Å². The molecule has 1 aliphatic heterocycles. The third-order valence-electron chi connectivity index (χ3n) is 4.50. The molecule has 5 nitrogen and oxygen atoms in total. The number of ether oxygens (including phenoxy) is 1. The Labute approximate surface area is 153 Å². The highest BCUT2D eigenvalue weighted by Gasteiger charge is 2.43. The van der Waals surface area contributed by atoms with Gasteiger partial charge in [0.15, 0.2) is 5.13 Å². The number of aliphatic hydroxyl groups is 1. The van der Waals surface area contributed by atoms with Gasteiger partial charge in [-0.1, -0.05) is 11.3 Å². The van der Waals surface area contributed by atoms with Gasteiger partial charge in [0.25, 0.3) is 0 Å². The van der Waals surface area contributed by atoms with Crippen LogP contribution in [0.3, 0.4) is 0 Å². The first-order valence-corrected chi connectivity index (χ1v) is 8.93. The second-order valence-corrected chi connectivity index (χ2v) is 7.80. The summed E-state index contributed by atoms with van der Waals surface area (Å²) in [6, 6.07) is 11.2. The number of fused-ring (bicyclic) bond motifs is 2. The third kappa shape index (κ3) is 2.77. The van der Waals surface area contributed by atoms with Gasteiger partial charge in [0, 0.05) is 11.6 Å². The quantitative estimate of drug-likeness (QED) is 0.714. The van der Waals surface area contributed by atoms with E-state index >= 15 is 0 Å². The van der Waals surface area contributed by atoms with Crippen LogP contribution in [0.25, 0.3) is 10.2 Å². The number of nitrogens with zero attached hydrogens (tertiary/aromatic N) is 2. The van der Waals surface area contributed by atoms with Crippen molar-refractivity contribution >= 4 is 26.7 Å². The maximum atomic E-state index is 13.4. The zero-order chi connectivity index (χ0) is 18.5. The first-order chi connectivity index (χ1) is 12.4. The molecule has 1 aliphatic rings. The van der Waals surface area contributed by atoms with Crippen LogP contribution in [0.2, 0.25) is 0 Å². The van der Waals surface area contributed by atoms with Gasteiger partial charge in [-0.25, -0.2) is 9.37 Å². The molecule has 0 radical (unpaired) electrons. The molecule has 2 heterocycles. The average molecular weight is 369 g/mol. The Hall–Kier alpha value is -2.69. The maximum absolute atomic E-state index is 13.4. The van der Waals surface area contributed by atoms with Crippen LogP contribution >= 0.6 is 11.3 Å². The smallest absolute Gasteiger partial charge is 0.184 e. The molecule has 2 atom stereocenters. The second kappa shape index (κ2) is 5.94. The molecule has 2 N–H and O–H groups in total. The molecule has 0 aliphatic carbocycles. The molecule has 132 valence electrons. The summed E-state index contributed by atoms with van der Waals surface area (Å²) in [6.07, 6.45) is -0.868. The third-order valence-corrected chi connectivity index (χ3v) is 5.47. The first kappa shape index (κ1) is 16.8. The van der Waals surface area contributed by atoms with Crippen molar-refractivity contribution in [2.24, 2.45) is 0 Å². The van der Waals surface area contributed by atoms with Crippen LogP contribution in [0, 0.1) is 17.1 Å². The van der Waals surface area contributed by atoms with E-state index in [1.54, 1.807) is 38.1 Å². The summed E-state index contributed by atoms with van der Waals surface area (Å²) >= 11 is 1.38. The SMILES string of the molecule is CC1(C)Oc2ccc(C#N)cc2[C@@H](Nc2nc3cc(F)ccc3s2)[C@@H]1O. The van der Waals surface area contributed by atoms with E-state index < -0.39 is 17.7 Å². The van der Waals surface area contributed by atoms with Crippen LogP contribution in [-0.4, -0.2) is 21.8 Å². The highest BCUT2D eigenvalue weighted by atomic mass is 32.1. The van der Waals surface area contributed by atoms with Crippen molar-refractivity contribution in [3.05, 3.63) is 53.3 Å². The lowest BCUT2D eigenvalue weighted by atomic mass is 9.86. The average Bonchev–Trinajstić information content (AvgIpc) is 3.00. The van der Waals surface area contributed by atoms with Gasteiger partial charge < -0.3 is 15.2 Å². The van der Waals surface area contributed by atoms with Gasteiger partial charge in [0.2, 0.25) is 0 Å². The van der Waals surface area contributed by atoms with Crippen LogP contribution in [0.4, 0.5) is 9.52 Å². The van der Waals surface area contributed by atoms with Gasteiger partial charge in [-0.3, -0.25) is 0 Å². The highest BCUT2D eigenvalue weighted by molar-refractivity contribution is 7.22. The van der Waals surface area contributed by atoms with E-state index in [-0.39, 0.29) is 5.82 Å². The molecule has 0 fully saturated rings. The molecular weight excluding hydrogens is 353 g/mol. The fraction of sp³-hybridized carbons (Fsp3) is 0.263. The van der Waals surface area contributed by atoms with E-state index in [9.17, 15) is 14.8 Å². The number of aliphatic hydroxyl groups excluding tert-OH is 1. The number of benzene rings is 2. The van der Waals surface area contributed by atoms with E-state index in [0.717, 1.165) is 4.70 Å². The lowest BCUT2D eigenvalue weighted by Crippen LogP contribution is -2.50. The monoisotopic (exact) mass is 369 g/mol. The number of aromatic nitrogens is 1. The molecule has 1 aromatic heterocycles. The number of nitrogens with one attached hydrogen (secondary N) is 1. The number of halogens is 1. The normalized spacial score (nSPS) is 20.9. The Kier molecular flexibility index (Phi) is 3.83. The summed E-state index contributed by atoms with van der Waals surface area (Å²) in [4.78, 5) is 4.42. The summed E-state index contributed by atoms with van der Waals surface area (Å²) in [5, 5.41) is 23.8. The van der Waals surface area contributed by atoms with Gasteiger partial charge >= 0.3 is 0 Å². The van der Waals surface area contributed by atoms with Crippen LogP contribution in [0.1, 0.15) is 31.0 Å². The largest absolute Gasteiger partial charge is 0.485 e. The summed E-state index contributed by atoms with van der Waals surface area (Å²) < 4.78 is 20.2. The zero-order valence-electron chi connectivity index (χ0n) is 14.2. The number of hydrogen-bond donors (Lipinski definition) is 2. The van der Waals surface area contributed by atoms with E-state index in [1.165, 1.54) is 23.5 Å². The molecule has 0 spiro atoms. The molecule has 4 rings (SSSR count). The minimum Gasteiger partial charge on any atom is -0.485 e. The molecule has 0 unspecified atom stereocenters. The van der Waals surface area contributed by atoms with Crippen molar-refractivity contribution in [3.63, 3.8) is 0 Å². The maximum Gasteiger partial charge on any atom is 0.184 e. The van der Waals surface area contributed by atoms with Crippen LogP contribution in [-0.2, 0) is 0 Å². The van der Waals surface area contributed by atoms with Gasteiger partial charge in [0.05, 0.1) is 27.9 Å². The Morgan fingerprint density at radius 2 is 2.12 bits per heavy atom. The molecule has 2 aromatic carbocycles. The van der Waals surface area contributed by atoms with Crippen molar-refractivity contribution in [1.82, 2.24) is 4.98 Å². The van der Waals surface area contributed by atoms with E-state index in [2.05, 4.69) is 16.4 Å². The Morgan fingerprint density at radius 1 is 1.31 bits per heavy atom. The van der Waals surface area contributed by atoms with Crippen molar-refractivity contribution in [2.45, 2.75) is 31.6 Å². The molecule has 0 amide bonds. The predicted molar refractivity (Wildman–Crippen MR) is 97.8 cm³/mol. The molecule has 0 saturated carbocycles. The lowest BCUT2D eigenvalue weighted by molar-refractivity contribution is -0.0532. The zero-order valence-corrected chi connectivity index (χ0v) is 15.0. The number of thiazole rings is 1. The molecule has 3 aromatic rings. The Morgan fingerprint density at radius 3 is 2.88 bits per heavy atom. The molecule has 7 heteroatoms. The fourth-order valence-electron chi connectivity index (χ4n) is 3.12. The van der Waals surface area contributed by atoms with Gasteiger partial charge in [-0.05, 0) is 44.2 Å². The van der Waals surface area contributed by atoms with Crippen molar-refractivity contribution < 1.29 is 14.2 Å². The standard InChI is InChI=1S/C19H16FN3O2S/c1-19(2)17(24)16(12-7-10(9-21)3-5-14(12)25-19)23-18-22-13-8-11(20)4-6-15(13)26-18/h3-8,16-17,24H,1-2H3,(H,22,23)/t16-,17+/m1/s1. The first-order valence-electron chi connectivity index (χ1n) is 8.11. The highest BCUT2D eigenvalue weighted by Crippen LogP contribution is 2.42. The topological polar surface area (TPSA) is 78.2 Å². The second-order valence-electron chi connectivity index (χ2n) is 6.77. The summed E-state index contributed by atoms with van der Waals surface area (Å²) in [5.74, 6) is 0.273. The van der Waals surface area contributed by atoms with Crippen LogP contribution < -0.4 is 10.1 Å². The number of hydrogen-bond acceptors (Lipinski definition) is 6. The van der Waals surface area contributed by atoms with Crippen LogP contribution in [0.5, 0.6) is 5.75 Å². The predicted octanol–water partition coefficient (Wildman–Crippen LogP) is 3.99. The van der Waals surface area contributed by atoms with Gasteiger partial charge in [-0.15, -0.1) is 0 Å². The van der Waals surface area contributed by atoms with Crippen molar-refractivity contribution in [3.8, 4) is 11.8 Å². The van der Waals surface area contributed by atoms with E-state index in [0.29, 0.717) is 27.5 Å². The van der Waals surface area contributed by atoms with Crippen molar-refractivity contribution in [1.29, 1.82) is 5.26 Å². The van der Waals surface area contributed by atoms with Crippen LogP contribution in [0.15, 0.2) is 36.4 Å². The van der Waals surface area contributed by atoms with E-state index in [1.807, 2.05) is 0 Å². The number of rotatable bonds is 2. The molecule has 26 heavy (non-hydrogen) atoms. The van der Waals surface area contributed by atoms with Gasteiger partial charge in [-0.2, -0.15) is 5.26 Å². The van der Waals surface area contributed by atoms with Crippen molar-refractivity contribution in [2.75, 3.05) is 5.32 Å².